The summed E-state index contributed by atoms with van der Waals surface area (Å²) in [4.78, 5) is 6.27. The van der Waals surface area contributed by atoms with E-state index in [1.165, 1.54) is 12.1 Å². The van der Waals surface area contributed by atoms with E-state index >= 15 is 0 Å². The van der Waals surface area contributed by atoms with E-state index in [0.29, 0.717) is 18.7 Å². The number of nitriles is 1. The molecule has 1 aromatic carbocycles. The summed E-state index contributed by atoms with van der Waals surface area (Å²) in [6, 6.07) is 6.36. The number of rotatable bonds is 4. The van der Waals surface area contributed by atoms with Gasteiger partial charge in [-0.3, -0.25) is 4.90 Å². The van der Waals surface area contributed by atoms with E-state index in [0.717, 1.165) is 11.4 Å². The van der Waals surface area contributed by atoms with Gasteiger partial charge in [0.05, 0.1) is 18.2 Å². The van der Waals surface area contributed by atoms with Crippen LogP contribution in [0.3, 0.4) is 0 Å². The van der Waals surface area contributed by atoms with Crippen molar-refractivity contribution in [1.29, 1.82) is 5.26 Å². The van der Waals surface area contributed by atoms with Gasteiger partial charge in [0, 0.05) is 26.0 Å². The van der Waals surface area contributed by atoms with Crippen LogP contribution in [0.15, 0.2) is 30.6 Å². The molecule has 0 aliphatic heterocycles. The third-order valence-electron chi connectivity index (χ3n) is 2.87. The van der Waals surface area contributed by atoms with Crippen LogP contribution >= 0.6 is 0 Å². The average Bonchev–Trinajstić information content (AvgIpc) is 2.74. The SMILES string of the molecule is CN(Cc1cc(F)cc(C#N)c1)Cc1nccn1C. The van der Waals surface area contributed by atoms with Crippen molar-refractivity contribution in [3.8, 4) is 6.07 Å². The summed E-state index contributed by atoms with van der Waals surface area (Å²) in [6.45, 7) is 1.24. The Morgan fingerprint density at radius 3 is 2.79 bits per heavy atom. The minimum Gasteiger partial charge on any atom is -0.337 e. The summed E-state index contributed by atoms with van der Waals surface area (Å²) in [5, 5.41) is 8.82. The second-order valence-electron chi connectivity index (χ2n) is 4.59. The number of hydrogen-bond donors (Lipinski definition) is 0. The molecule has 0 spiro atoms. The maximum Gasteiger partial charge on any atom is 0.124 e. The van der Waals surface area contributed by atoms with Crippen LogP contribution in [0.25, 0.3) is 0 Å². The first-order valence-corrected chi connectivity index (χ1v) is 5.93. The molecule has 1 aromatic heterocycles. The first-order valence-electron chi connectivity index (χ1n) is 5.93. The minimum atomic E-state index is -0.376. The maximum atomic E-state index is 13.3. The van der Waals surface area contributed by atoms with Crippen molar-refractivity contribution in [3.05, 3.63) is 53.4 Å². The van der Waals surface area contributed by atoms with Crippen molar-refractivity contribution in [2.24, 2.45) is 7.05 Å². The highest BCUT2D eigenvalue weighted by molar-refractivity contribution is 5.33. The van der Waals surface area contributed by atoms with E-state index < -0.39 is 0 Å². The molecule has 2 rings (SSSR count). The molecule has 0 N–H and O–H groups in total. The highest BCUT2D eigenvalue weighted by atomic mass is 19.1. The van der Waals surface area contributed by atoms with Crippen LogP contribution < -0.4 is 0 Å². The molecule has 0 bridgehead atoms. The molecule has 0 radical (unpaired) electrons. The third-order valence-corrected chi connectivity index (χ3v) is 2.87. The molecular weight excluding hydrogens is 243 g/mol. The number of imidazole rings is 1. The van der Waals surface area contributed by atoms with Crippen molar-refractivity contribution in [3.63, 3.8) is 0 Å². The Balaban J connectivity index is 2.07. The predicted octanol–water partition coefficient (Wildman–Crippen LogP) is 2.06. The molecular formula is C14H15FN4. The molecule has 5 heteroatoms. The van der Waals surface area contributed by atoms with Crippen molar-refractivity contribution >= 4 is 0 Å². The Morgan fingerprint density at radius 2 is 2.16 bits per heavy atom. The van der Waals surface area contributed by atoms with E-state index in [1.807, 2.05) is 35.8 Å². The van der Waals surface area contributed by atoms with Crippen LogP contribution in [0.5, 0.6) is 0 Å². The van der Waals surface area contributed by atoms with Gasteiger partial charge in [0.1, 0.15) is 11.6 Å². The molecule has 0 fully saturated rings. The fourth-order valence-electron chi connectivity index (χ4n) is 1.96. The van der Waals surface area contributed by atoms with Gasteiger partial charge in [0.15, 0.2) is 0 Å². The van der Waals surface area contributed by atoms with Crippen LogP contribution in [0.1, 0.15) is 17.0 Å². The zero-order valence-corrected chi connectivity index (χ0v) is 11.0. The largest absolute Gasteiger partial charge is 0.337 e. The molecule has 19 heavy (non-hydrogen) atoms. The van der Waals surface area contributed by atoms with E-state index in [4.69, 9.17) is 5.26 Å². The lowest BCUT2D eigenvalue weighted by atomic mass is 10.1. The Morgan fingerprint density at radius 1 is 1.37 bits per heavy atom. The second kappa shape index (κ2) is 5.63. The molecule has 0 amide bonds. The summed E-state index contributed by atoms with van der Waals surface area (Å²) >= 11 is 0. The second-order valence-corrected chi connectivity index (χ2v) is 4.59. The lowest BCUT2D eigenvalue weighted by Crippen LogP contribution is -2.19. The summed E-state index contributed by atoms with van der Waals surface area (Å²) in [5.41, 5.74) is 1.13. The fourth-order valence-corrected chi connectivity index (χ4v) is 1.96. The molecule has 0 aliphatic carbocycles. The van der Waals surface area contributed by atoms with Crippen LogP contribution in [-0.2, 0) is 20.1 Å². The van der Waals surface area contributed by atoms with Gasteiger partial charge in [-0.25, -0.2) is 9.37 Å². The monoisotopic (exact) mass is 258 g/mol. The summed E-state index contributed by atoms with van der Waals surface area (Å²) in [6.07, 6.45) is 3.64. The lowest BCUT2D eigenvalue weighted by Gasteiger charge is -2.16. The number of nitrogens with zero attached hydrogens (tertiary/aromatic N) is 4. The standard InChI is InChI=1S/C14H15FN4/c1-18(10-14-17-3-4-19(14)2)9-12-5-11(8-16)6-13(15)7-12/h3-7H,9-10H2,1-2H3. The zero-order valence-electron chi connectivity index (χ0n) is 11.0. The average molecular weight is 258 g/mol. The molecule has 0 unspecified atom stereocenters. The number of halogens is 1. The molecule has 2 aromatic rings. The van der Waals surface area contributed by atoms with Gasteiger partial charge in [-0.05, 0) is 30.8 Å². The van der Waals surface area contributed by atoms with Crippen molar-refractivity contribution in [1.82, 2.24) is 14.5 Å². The topological polar surface area (TPSA) is 44.9 Å². The lowest BCUT2D eigenvalue weighted by molar-refractivity contribution is 0.306. The quantitative estimate of drug-likeness (QED) is 0.843. The van der Waals surface area contributed by atoms with Gasteiger partial charge in [-0.2, -0.15) is 5.26 Å². The van der Waals surface area contributed by atoms with Gasteiger partial charge in [-0.1, -0.05) is 0 Å². The zero-order chi connectivity index (χ0) is 13.8. The van der Waals surface area contributed by atoms with Gasteiger partial charge < -0.3 is 4.57 Å². The number of benzene rings is 1. The van der Waals surface area contributed by atoms with E-state index in [-0.39, 0.29) is 5.82 Å². The molecule has 4 nitrogen and oxygen atoms in total. The summed E-state index contributed by atoms with van der Waals surface area (Å²) < 4.78 is 15.3. The minimum absolute atomic E-state index is 0.348. The van der Waals surface area contributed by atoms with Crippen LogP contribution in [0.4, 0.5) is 4.39 Å². The molecule has 1 heterocycles. The van der Waals surface area contributed by atoms with Gasteiger partial charge >= 0.3 is 0 Å². The van der Waals surface area contributed by atoms with E-state index in [2.05, 4.69) is 4.98 Å². The normalized spacial score (nSPS) is 10.7. The van der Waals surface area contributed by atoms with E-state index in [9.17, 15) is 4.39 Å². The van der Waals surface area contributed by atoms with Gasteiger partial charge in [-0.15, -0.1) is 0 Å². The van der Waals surface area contributed by atoms with Crippen LogP contribution in [0.2, 0.25) is 0 Å². The fraction of sp³-hybridized carbons (Fsp3) is 0.286. The molecule has 0 saturated heterocycles. The number of aromatic nitrogens is 2. The first kappa shape index (κ1) is 13.2. The van der Waals surface area contributed by atoms with Crippen LogP contribution in [-0.4, -0.2) is 21.5 Å². The predicted molar refractivity (Wildman–Crippen MR) is 69.5 cm³/mol. The van der Waals surface area contributed by atoms with Gasteiger partial charge in [0.2, 0.25) is 0 Å². The van der Waals surface area contributed by atoms with Crippen molar-refractivity contribution in [2.75, 3.05) is 7.05 Å². The smallest absolute Gasteiger partial charge is 0.124 e. The van der Waals surface area contributed by atoms with E-state index in [1.54, 1.807) is 12.3 Å². The van der Waals surface area contributed by atoms with Crippen molar-refractivity contribution in [2.45, 2.75) is 13.1 Å². The Hall–Kier alpha value is -2.19. The highest BCUT2D eigenvalue weighted by Crippen LogP contribution is 2.11. The molecule has 98 valence electrons. The highest BCUT2D eigenvalue weighted by Gasteiger charge is 2.07. The third kappa shape index (κ3) is 3.39. The Kier molecular flexibility index (Phi) is 3.93. The summed E-state index contributed by atoms with van der Waals surface area (Å²) in [7, 11) is 3.87. The number of aryl methyl sites for hydroxylation is 1. The molecule has 0 atom stereocenters. The van der Waals surface area contributed by atoms with Gasteiger partial charge in [0.25, 0.3) is 0 Å². The summed E-state index contributed by atoms with van der Waals surface area (Å²) in [5.74, 6) is 0.568. The molecule has 0 saturated carbocycles. The first-order chi connectivity index (χ1) is 9.08. The van der Waals surface area contributed by atoms with Crippen molar-refractivity contribution < 1.29 is 4.39 Å². The Bertz CT molecular complexity index is 612. The number of hydrogen-bond acceptors (Lipinski definition) is 3. The Labute approximate surface area is 111 Å². The maximum absolute atomic E-state index is 13.3. The van der Waals surface area contributed by atoms with Crippen LogP contribution in [0, 0.1) is 17.1 Å². The molecule has 0 aliphatic rings.